The van der Waals surface area contributed by atoms with Crippen molar-refractivity contribution in [2.75, 3.05) is 32.7 Å². The van der Waals surface area contributed by atoms with Crippen LogP contribution in [0.1, 0.15) is 34.0 Å². The lowest BCUT2D eigenvalue weighted by Crippen LogP contribution is -2.48. The summed E-state index contributed by atoms with van der Waals surface area (Å²) in [6.07, 6.45) is 0. The van der Waals surface area contributed by atoms with Gasteiger partial charge in [0.1, 0.15) is 0 Å². The third-order valence-electron chi connectivity index (χ3n) is 5.23. The molecule has 1 saturated heterocycles. The number of carbonyl (C=O) groups excluding carboxylic acids is 1. The summed E-state index contributed by atoms with van der Waals surface area (Å²) in [5, 5.41) is 8.90. The molecule has 1 aliphatic heterocycles. The Balaban J connectivity index is 1.65. The first kappa shape index (κ1) is 22.0. The average molecular weight is 427 g/mol. The summed E-state index contributed by atoms with van der Waals surface area (Å²) in [6, 6.07) is 14.3. The van der Waals surface area contributed by atoms with Gasteiger partial charge >= 0.3 is 0 Å². The summed E-state index contributed by atoms with van der Waals surface area (Å²) in [4.78, 5) is 17.2. The van der Waals surface area contributed by atoms with Gasteiger partial charge in [-0.05, 0) is 42.3 Å². The van der Waals surface area contributed by atoms with Crippen LogP contribution in [0.25, 0.3) is 0 Å². The molecule has 1 amide bonds. The van der Waals surface area contributed by atoms with Gasteiger partial charge in [0.25, 0.3) is 5.91 Å². The number of aryl methyl sites for hydroxylation is 1. The molecule has 2 aromatic carbocycles. The Labute approximate surface area is 178 Å². The van der Waals surface area contributed by atoms with Crippen LogP contribution >= 0.6 is 0 Å². The van der Waals surface area contributed by atoms with E-state index < -0.39 is 10.0 Å². The van der Waals surface area contributed by atoms with Gasteiger partial charge in [-0.3, -0.25) is 9.69 Å². The molecule has 1 N–H and O–H groups in total. The maximum atomic E-state index is 13.1. The van der Waals surface area contributed by atoms with Crippen molar-refractivity contribution in [3.63, 3.8) is 0 Å². The van der Waals surface area contributed by atoms with E-state index >= 15 is 0 Å². The van der Waals surface area contributed by atoms with Gasteiger partial charge in [-0.25, -0.2) is 13.1 Å². The number of nitriles is 1. The van der Waals surface area contributed by atoms with Crippen LogP contribution in [0.15, 0.2) is 47.4 Å². The van der Waals surface area contributed by atoms with Crippen molar-refractivity contribution in [3.05, 3.63) is 64.7 Å². The molecular weight excluding hydrogens is 400 g/mol. The van der Waals surface area contributed by atoms with E-state index in [1.807, 2.05) is 31.2 Å². The van der Waals surface area contributed by atoms with Gasteiger partial charge in [-0.15, -0.1) is 0 Å². The number of nitrogens with one attached hydrogen (secondary N) is 1. The number of hydrogen-bond donors (Lipinski definition) is 1. The molecule has 0 atom stereocenters. The highest BCUT2D eigenvalue weighted by Crippen LogP contribution is 2.19. The number of sulfonamides is 1. The largest absolute Gasteiger partial charge is 0.336 e. The summed E-state index contributed by atoms with van der Waals surface area (Å²) in [5.74, 6) is -0.140. The molecule has 0 aliphatic carbocycles. The molecule has 0 aromatic heterocycles. The molecule has 1 heterocycles. The van der Waals surface area contributed by atoms with Crippen molar-refractivity contribution in [3.8, 4) is 6.07 Å². The van der Waals surface area contributed by atoms with Crippen molar-refractivity contribution in [1.29, 1.82) is 5.26 Å². The quantitative estimate of drug-likeness (QED) is 0.764. The topological polar surface area (TPSA) is 93.5 Å². The second-order valence-electron chi connectivity index (χ2n) is 7.36. The van der Waals surface area contributed by atoms with Crippen LogP contribution in [0.3, 0.4) is 0 Å². The third-order valence-corrected chi connectivity index (χ3v) is 6.78. The fourth-order valence-corrected chi connectivity index (χ4v) is 4.56. The van der Waals surface area contributed by atoms with E-state index in [0.29, 0.717) is 30.8 Å². The van der Waals surface area contributed by atoms with Crippen molar-refractivity contribution < 1.29 is 13.2 Å². The standard InChI is InChI=1S/C22H26N4O3S/c1-3-24-30(28,29)20-9-4-17(2)21(14-20)22(27)26-12-10-25(11-13-26)16-19-7-5-18(15-23)6-8-19/h4-9,14,24H,3,10-13,16H2,1-2H3. The second kappa shape index (κ2) is 9.39. The Morgan fingerprint density at radius 1 is 1.10 bits per heavy atom. The molecule has 7 nitrogen and oxygen atoms in total. The van der Waals surface area contributed by atoms with Crippen LogP contribution in [-0.4, -0.2) is 56.8 Å². The molecule has 0 radical (unpaired) electrons. The summed E-state index contributed by atoms with van der Waals surface area (Å²) in [6.45, 7) is 7.23. The summed E-state index contributed by atoms with van der Waals surface area (Å²) < 4.78 is 27.0. The van der Waals surface area contributed by atoms with Gasteiger partial charge < -0.3 is 4.90 Å². The first-order chi connectivity index (χ1) is 14.3. The van der Waals surface area contributed by atoms with Crippen molar-refractivity contribution in [2.45, 2.75) is 25.3 Å². The lowest BCUT2D eigenvalue weighted by atomic mass is 10.1. The monoisotopic (exact) mass is 426 g/mol. The Bertz CT molecular complexity index is 1050. The van der Waals surface area contributed by atoms with Crippen molar-refractivity contribution in [1.82, 2.24) is 14.5 Å². The molecule has 3 rings (SSSR count). The number of hydrogen-bond acceptors (Lipinski definition) is 5. The number of amides is 1. The van der Waals surface area contributed by atoms with Crippen LogP contribution in [0.4, 0.5) is 0 Å². The van der Waals surface area contributed by atoms with E-state index in [2.05, 4.69) is 15.7 Å². The van der Waals surface area contributed by atoms with Gasteiger partial charge in [0, 0.05) is 44.8 Å². The van der Waals surface area contributed by atoms with E-state index in [0.717, 1.165) is 30.8 Å². The Hall–Kier alpha value is -2.73. The highest BCUT2D eigenvalue weighted by Gasteiger charge is 2.25. The van der Waals surface area contributed by atoms with E-state index in [4.69, 9.17) is 5.26 Å². The van der Waals surface area contributed by atoms with Crippen LogP contribution < -0.4 is 4.72 Å². The van der Waals surface area contributed by atoms with Gasteiger partial charge in [-0.2, -0.15) is 5.26 Å². The molecule has 2 aromatic rings. The fraction of sp³-hybridized carbons (Fsp3) is 0.364. The van der Waals surface area contributed by atoms with Gasteiger partial charge in [0.05, 0.1) is 16.5 Å². The normalized spacial score (nSPS) is 15.0. The molecule has 0 bridgehead atoms. The lowest BCUT2D eigenvalue weighted by Gasteiger charge is -2.35. The Morgan fingerprint density at radius 2 is 1.77 bits per heavy atom. The molecule has 8 heteroatoms. The smallest absolute Gasteiger partial charge is 0.254 e. The van der Waals surface area contributed by atoms with Crippen molar-refractivity contribution in [2.24, 2.45) is 0 Å². The third kappa shape index (κ3) is 5.05. The molecule has 0 saturated carbocycles. The molecule has 1 aliphatic rings. The van der Waals surface area contributed by atoms with E-state index in [1.165, 1.54) is 12.1 Å². The minimum Gasteiger partial charge on any atom is -0.336 e. The number of carbonyl (C=O) groups is 1. The summed E-state index contributed by atoms with van der Waals surface area (Å²) in [5.41, 5.74) is 2.96. The van der Waals surface area contributed by atoms with E-state index in [1.54, 1.807) is 17.9 Å². The lowest BCUT2D eigenvalue weighted by molar-refractivity contribution is 0.0627. The summed E-state index contributed by atoms with van der Waals surface area (Å²) in [7, 11) is -3.61. The maximum absolute atomic E-state index is 13.1. The van der Waals surface area contributed by atoms with Crippen molar-refractivity contribution >= 4 is 15.9 Å². The molecule has 0 spiro atoms. The molecular formula is C22H26N4O3S. The summed E-state index contributed by atoms with van der Waals surface area (Å²) >= 11 is 0. The number of piperazine rings is 1. The van der Waals surface area contributed by atoms with Crippen LogP contribution in [-0.2, 0) is 16.6 Å². The molecule has 0 unspecified atom stereocenters. The van der Waals surface area contributed by atoms with Crippen LogP contribution in [0.5, 0.6) is 0 Å². The molecule has 1 fully saturated rings. The first-order valence-electron chi connectivity index (χ1n) is 9.95. The minimum atomic E-state index is -3.61. The zero-order chi connectivity index (χ0) is 21.7. The molecule has 30 heavy (non-hydrogen) atoms. The highest BCUT2D eigenvalue weighted by molar-refractivity contribution is 7.89. The zero-order valence-corrected chi connectivity index (χ0v) is 18.1. The number of rotatable bonds is 6. The minimum absolute atomic E-state index is 0.109. The van der Waals surface area contributed by atoms with Gasteiger partial charge in [-0.1, -0.05) is 25.1 Å². The number of benzene rings is 2. The fourth-order valence-electron chi connectivity index (χ4n) is 3.49. The average Bonchev–Trinajstić information content (AvgIpc) is 2.74. The van der Waals surface area contributed by atoms with E-state index in [-0.39, 0.29) is 10.8 Å². The first-order valence-corrected chi connectivity index (χ1v) is 11.4. The zero-order valence-electron chi connectivity index (χ0n) is 17.3. The van der Waals surface area contributed by atoms with Crippen LogP contribution in [0, 0.1) is 18.3 Å². The van der Waals surface area contributed by atoms with Gasteiger partial charge in [0.15, 0.2) is 0 Å². The second-order valence-corrected chi connectivity index (χ2v) is 9.12. The Kier molecular flexibility index (Phi) is 6.87. The highest BCUT2D eigenvalue weighted by atomic mass is 32.2. The van der Waals surface area contributed by atoms with Gasteiger partial charge in [0.2, 0.25) is 10.0 Å². The van der Waals surface area contributed by atoms with Crippen LogP contribution in [0.2, 0.25) is 0 Å². The predicted octanol–water partition coefficient (Wildman–Crippen LogP) is 2.12. The van der Waals surface area contributed by atoms with E-state index in [9.17, 15) is 13.2 Å². The Morgan fingerprint density at radius 3 is 2.37 bits per heavy atom. The number of nitrogens with zero attached hydrogens (tertiary/aromatic N) is 3. The molecule has 158 valence electrons. The predicted molar refractivity (Wildman–Crippen MR) is 114 cm³/mol. The maximum Gasteiger partial charge on any atom is 0.254 e. The SMILES string of the molecule is CCNS(=O)(=O)c1ccc(C)c(C(=O)N2CCN(Cc3ccc(C#N)cc3)CC2)c1.